The predicted molar refractivity (Wildman–Crippen MR) is 82.7 cm³/mol. The highest BCUT2D eigenvalue weighted by Crippen LogP contribution is 2.22. The van der Waals surface area contributed by atoms with E-state index in [1.54, 1.807) is 23.5 Å². The molecule has 0 aliphatic rings. The maximum absolute atomic E-state index is 12.0. The zero-order chi connectivity index (χ0) is 15.4. The Balaban J connectivity index is 1.59. The molecule has 0 aliphatic heterocycles. The van der Waals surface area contributed by atoms with Gasteiger partial charge in [-0.25, -0.2) is 4.68 Å². The number of thiophene rings is 1. The van der Waals surface area contributed by atoms with Crippen molar-refractivity contribution < 1.29 is 4.79 Å². The van der Waals surface area contributed by atoms with Crippen LogP contribution in [-0.2, 0) is 6.54 Å². The molecule has 3 aromatic rings. The molecule has 22 heavy (non-hydrogen) atoms. The molecule has 8 heteroatoms. The number of hydrogen-bond donors (Lipinski definition) is 2. The molecular formula is C14H13N5O2S. The molecule has 0 aliphatic carbocycles. The van der Waals surface area contributed by atoms with Gasteiger partial charge in [-0.3, -0.25) is 14.7 Å². The van der Waals surface area contributed by atoms with Crippen LogP contribution < -0.4 is 10.9 Å². The summed E-state index contributed by atoms with van der Waals surface area (Å²) >= 11 is 1.57. The topological polar surface area (TPSA) is 92.7 Å². The summed E-state index contributed by atoms with van der Waals surface area (Å²) in [5, 5.41) is 15.4. The highest BCUT2D eigenvalue weighted by atomic mass is 32.1. The summed E-state index contributed by atoms with van der Waals surface area (Å²) in [5.41, 5.74) is 0.925. The summed E-state index contributed by atoms with van der Waals surface area (Å²) in [4.78, 5) is 24.5. The third-order valence-corrected chi connectivity index (χ3v) is 3.89. The number of H-pyrrole nitrogens is 1. The van der Waals surface area contributed by atoms with Crippen molar-refractivity contribution in [3.8, 4) is 10.6 Å². The van der Waals surface area contributed by atoms with Crippen molar-refractivity contribution in [3.63, 3.8) is 0 Å². The molecule has 3 rings (SSSR count). The van der Waals surface area contributed by atoms with Crippen LogP contribution in [0.25, 0.3) is 10.6 Å². The lowest BCUT2D eigenvalue weighted by atomic mass is 10.3. The van der Waals surface area contributed by atoms with E-state index in [1.165, 1.54) is 16.9 Å². The van der Waals surface area contributed by atoms with Crippen LogP contribution in [-0.4, -0.2) is 32.4 Å². The minimum atomic E-state index is -0.289. The highest BCUT2D eigenvalue weighted by Gasteiger charge is 2.11. The Morgan fingerprint density at radius 3 is 3.05 bits per heavy atom. The van der Waals surface area contributed by atoms with Crippen molar-refractivity contribution in [3.05, 3.63) is 58.0 Å². The van der Waals surface area contributed by atoms with Crippen LogP contribution in [0.2, 0.25) is 0 Å². The van der Waals surface area contributed by atoms with Crippen LogP contribution in [0.1, 0.15) is 10.5 Å². The fourth-order valence-electron chi connectivity index (χ4n) is 1.92. The molecule has 0 spiro atoms. The Labute approximate surface area is 129 Å². The third kappa shape index (κ3) is 3.12. The van der Waals surface area contributed by atoms with Gasteiger partial charge >= 0.3 is 0 Å². The number of amides is 1. The Morgan fingerprint density at radius 2 is 2.27 bits per heavy atom. The van der Waals surface area contributed by atoms with Gasteiger partial charge in [-0.1, -0.05) is 6.07 Å². The normalized spacial score (nSPS) is 10.5. The maximum Gasteiger partial charge on any atom is 0.271 e. The van der Waals surface area contributed by atoms with Gasteiger partial charge in [0.1, 0.15) is 0 Å². The summed E-state index contributed by atoms with van der Waals surface area (Å²) in [6.07, 6.45) is 1.53. The minimum Gasteiger partial charge on any atom is -0.349 e. The lowest BCUT2D eigenvalue weighted by Gasteiger charge is -2.04. The monoisotopic (exact) mass is 315 g/mol. The number of carbonyl (C=O) groups excluding carboxylic acids is 1. The molecule has 0 atom stereocenters. The molecule has 0 saturated carbocycles. The molecule has 112 valence electrons. The molecule has 0 saturated heterocycles. The van der Waals surface area contributed by atoms with Gasteiger partial charge in [0.05, 0.1) is 17.1 Å². The first-order valence-corrected chi connectivity index (χ1v) is 7.51. The van der Waals surface area contributed by atoms with Crippen molar-refractivity contribution in [2.75, 3.05) is 6.54 Å². The first kappa shape index (κ1) is 14.2. The van der Waals surface area contributed by atoms with E-state index in [0.717, 1.165) is 10.6 Å². The standard InChI is InChI=1S/C14H13N5O2S/c20-13-4-1-5-16-19(13)7-6-15-14(21)11-9-10(17-18-11)12-3-2-8-22-12/h1-5,8-9H,6-7H2,(H,15,21)(H,17,18). The van der Waals surface area contributed by atoms with Crippen molar-refractivity contribution >= 4 is 17.2 Å². The third-order valence-electron chi connectivity index (χ3n) is 2.99. The van der Waals surface area contributed by atoms with Crippen LogP contribution in [0.4, 0.5) is 0 Å². The van der Waals surface area contributed by atoms with Crippen molar-refractivity contribution in [2.24, 2.45) is 0 Å². The average Bonchev–Trinajstić information content (AvgIpc) is 3.20. The molecule has 0 unspecified atom stereocenters. The van der Waals surface area contributed by atoms with Crippen LogP contribution in [0, 0.1) is 0 Å². The van der Waals surface area contributed by atoms with Gasteiger partial charge in [0.25, 0.3) is 11.5 Å². The second-order valence-electron chi connectivity index (χ2n) is 4.49. The molecule has 0 fully saturated rings. The summed E-state index contributed by atoms with van der Waals surface area (Å²) in [6, 6.07) is 8.59. The molecule has 2 N–H and O–H groups in total. The second-order valence-corrected chi connectivity index (χ2v) is 5.43. The van der Waals surface area contributed by atoms with Crippen molar-refractivity contribution in [1.29, 1.82) is 0 Å². The SMILES string of the molecule is O=C(NCCn1ncccc1=O)c1cc(-c2cccs2)[nH]n1. The van der Waals surface area contributed by atoms with E-state index in [2.05, 4.69) is 20.6 Å². The first-order valence-electron chi connectivity index (χ1n) is 6.63. The van der Waals surface area contributed by atoms with E-state index in [9.17, 15) is 9.59 Å². The van der Waals surface area contributed by atoms with Crippen molar-refractivity contribution in [1.82, 2.24) is 25.3 Å². The van der Waals surface area contributed by atoms with Crippen LogP contribution in [0.15, 0.2) is 46.7 Å². The van der Waals surface area contributed by atoms with Gasteiger partial charge < -0.3 is 5.32 Å². The maximum atomic E-state index is 12.0. The highest BCUT2D eigenvalue weighted by molar-refractivity contribution is 7.13. The number of aromatic amines is 1. The predicted octanol–water partition coefficient (Wildman–Crippen LogP) is 1.12. The Hall–Kier alpha value is -2.74. The average molecular weight is 315 g/mol. The van der Waals surface area contributed by atoms with Crippen molar-refractivity contribution in [2.45, 2.75) is 6.54 Å². The smallest absolute Gasteiger partial charge is 0.271 e. The molecular weight excluding hydrogens is 302 g/mol. The van der Waals surface area contributed by atoms with Gasteiger partial charge in [-0.15, -0.1) is 11.3 Å². The largest absolute Gasteiger partial charge is 0.349 e. The zero-order valence-corrected chi connectivity index (χ0v) is 12.3. The Morgan fingerprint density at radius 1 is 1.36 bits per heavy atom. The lowest BCUT2D eigenvalue weighted by Crippen LogP contribution is -2.31. The minimum absolute atomic E-state index is 0.198. The van der Waals surface area contributed by atoms with Crippen LogP contribution >= 0.6 is 11.3 Å². The van der Waals surface area contributed by atoms with Crippen LogP contribution in [0.3, 0.4) is 0 Å². The van der Waals surface area contributed by atoms with Gasteiger partial charge in [0.2, 0.25) is 0 Å². The van der Waals surface area contributed by atoms with Crippen LogP contribution in [0.5, 0.6) is 0 Å². The van der Waals surface area contributed by atoms with E-state index in [-0.39, 0.29) is 11.5 Å². The van der Waals surface area contributed by atoms with E-state index in [1.807, 2.05) is 17.5 Å². The first-order chi connectivity index (χ1) is 10.7. The molecule has 1 amide bonds. The molecule has 3 heterocycles. The quantitative estimate of drug-likeness (QED) is 0.738. The van der Waals surface area contributed by atoms with Gasteiger partial charge in [-0.05, 0) is 23.6 Å². The van der Waals surface area contributed by atoms with Gasteiger partial charge in [0.15, 0.2) is 5.69 Å². The molecule has 7 nitrogen and oxygen atoms in total. The van der Waals surface area contributed by atoms with Gasteiger partial charge in [0, 0.05) is 18.8 Å². The van der Waals surface area contributed by atoms with E-state index < -0.39 is 0 Å². The summed E-state index contributed by atoms with van der Waals surface area (Å²) in [5.74, 6) is -0.289. The number of nitrogens with one attached hydrogen (secondary N) is 2. The molecule has 0 radical (unpaired) electrons. The van der Waals surface area contributed by atoms with E-state index in [0.29, 0.717) is 18.8 Å². The Kier molecular flexibility index (Phi) is 4.10. The molecule has 0 aromatic carbocycles. The summed E-state index contributed by atoms with van der Waals surface area (Å²) in [6.45, 7) is 0.616. The summed E-state index contributed by atoms with van der Waals surface area (Å²) in [7, 11) is 0. The number of aromatic nitrogens is 4. The number of carbonyl (C=O) groups is 1. The van der Waals surface area contributed by atoms with E-state index in [4.69, 9.17) is 0 Å². The number of hydrogen-bond acceptors (Lipinski definition) is 5. The second kappa shape index (κ2) is 6.35. The summed E-state index contributed by atoms with van der Waals surface area (Å²) < 4.78 is 1.29. The fourth-order valence-corrected chi connectivity index (χ4v) is 2.61. The van der Waals surface area contributed by atoms with Gasteiger partial charge in [-0.2, -0.15) is 10.2 Å². The lowest BCUT2D eigenvalue weighted by molar-refractivity contribution is 0.0946. The Bertz CT molecular complexity index is 822. The van der Waals surface area contributed by atoms with E-state index >= 15 is 0 Å². The fraction of sp³-hybridized carbons (Fsp3) is 0.143. The molecule has 0 bridgehead atoms. The number of nitrogens with zero attached hydrogens (tertiary/aromatic N) is 3. The zero-order valence-electron chi connectivity index (χ0n) is 11.5. The number of rotatable bonds is 5. The molecule has 3 aromatic heterocycles.